The van der Waals surface area contributed by atoms with Gasteiger partial charge in [-0.25, -0.2) is 4.79 Å². The molecule has 0 bridgehead atoms. The van der Waals surface area contributed by atoms with E-state index >= 15 is 0 Å². The van der Waals surface area contributed by atoms with Gasteiger partial charge in [-0.05, 0) is 38.5 Å². The van der Waals surface area contributed by atoms with Crippen molar-refractivity contribution in [2.75, 3.05) is 19.6 Å². The van der Waals surface area contributed by atoms with Crippen molar-refractivity contribution in [3.63, 3.8) is 0 Å². The van der Waals surface area contributed by atoms with Crippen molar-refractivity contribution in [1.29, 1.82) is 0 Å². The summed E-state index contributed by atoms with van der Waals surface area (Å²) in [5, 5.41) is 4.61. The van der Waals surface area contributed by atoms with Crippen LogP contribution in [0.25, 0.3) is 11.1 Å². The van der Waals surface area contributed by atoms with Gasteiger partial charge in [-0.1, -0.05) is 12.1 Å². The van der Waals surface area contributed by atoms with E-state index in [9.17, 15) is 4.79 Å². The molecule has 1 aliphatic heterocycles. The topological polar surface area (TPSA) is 56.2 Å². The number of oxazole rings is 1. The summed E-state index contributed by atoms with van der Waals surface area (Å²) in [5.74, 6) is -0.273. The lowest BCUT2D eigenvalue weighted by atomic mass is 10.2. The van der Waals surface area contributed by atoms with Crippen molar-refractivity contribution < 1.29 is 4.42 Å². The van der Waals surface area contributed by atoms with E-state index in [4.69, 9.17) is 4.42 Å². The minimum Gasteiger partial charge on any atom is -0.408 e. The van der Waals surface area contributed by atoms with Gasteiger partial charge in [-0.3, -0.25) is 14.1 Å². The Hall–Kier alpha value is -2.34. The molecular weight excluding hydrogens is 304 g/mol. The molecule has 6 heteroatoms. The zero-order valence-corrected chi connectivity index (χ0v) is 14.1. The fourth-order valence-electron chi connectivity index (χ4n) is 3.70. The van der Waals surface area contributed by atoms with Crippen molar-refractivity contribution in [1.82, 2.24) is 19.2 Å². The van der Waals surface area contributed by atoms with Crippen molar-refractivity contribution in [2.45, 2.75) is 32.9 Å². The lowest BCUT2D eigenvalue weighted by Gasteiger charge is -2.17. The predicted octanol–water partition coefficient (Wildman–Crippen LogP) is 2.35. The van der Waals surface area contributed by atoms with Gasteiger partial charge in [0.1, 0.15) is 0 Å². The van der Waals surface area contributed by atoms with Crippen LogP contribution in [0.5, 0.6) is 0 Å². The number of para-hydroxylation sites is 2. The summed E-state index contributed by atoms with van der Waals surface area (Å²) in [7, 11) is 0. The molecule has 1 unspecified atom stereocenters. The lowest BCUT2D eigenvalue weighted by molar-refractivity contribution is 0.301. The minimum atomic E-state index is -0.273. The van der Waals surface area contributed by atoms with Crippen molar-refractivity contribution in [3.8, 4) is 0 Å². The van der Waals surface area contributed by atoms with Crippen molar-refractivity contribution in [3.05, 3.63) is 52.3 Å². The van der Waals surface area contributed by atoms with Gasteiger partial charge in [-0.15, -0.1) is 0 Å². The summed E-state index contributed by atoms with van der Waals surface area (Å²) < 4.78 is 9.17. The third kappa shape index (κ3) is 2.67. The number of fused-ring (bicyclic) bond motifs is 1. The standard InChI is InChI=1S/C18H22N4O2/c1-13-11-14(2)22(19-13)15-7-8-20(12-15)9-10-21-16-5-3-4-6-17(16)24-18(21)23/h3-6,11,15H,7-10,12H2,1-2H3. The van der Waals surface area contributed by atoms with E-state index in [0.717, 1.165) is 37.3 Å². The predicted molar refractivity (Wildman–Crippen MR) is 92.3 cm³/mol. The second-order valence-corrected chi connectivity index (χ2v) is 6.60. The molecule has 1 atom stereocenters. The molecule has 1 aromatic carbocycles. The Balaban J connectivity index is 1.44. The Morgan fingerprint density at radius 1 is 1.25 bits per heavy atom. The zero-order chi connectivity index (χ0) is 16.7. The highest BCUT2D eigenvalue weighted by molar-refractivity contribution is 5.72. The molecule has 3 aromatic rings. The van der Waals surface area contributed by atoms with Gasteiger partial charge in [0.05, 0.1) is 17.3 Å². The number of likely N-dealkylation sites (tertiary alicyclic amines) is 1. The number of rotatable bonds is 4. The van der Waals surface area contributed by atoms with Crippen LogP contribution in [0.3, 0.4) is 0 Å². The summed E-state index contributed by atoms with van der Waals surface area (Å²) in [6.45, 7) is 7.66. The Morgan fingerprint density at radius 3 is 2.88 bits per heavy atom. The van der Waals surface area contributed by atoms with Crippen LogP contribution in [-0.4, -0.2) is 38.9 Å². The van der Waals surface area contributed by atoms with Gasteiger partial charge in [0.15, 0.2) is 5.58 Å². The van der Waals surface area contributed by atoms with Gasteiger partial charge < -0.3 is 4.42 Å². The number of aryl methyl sites for hydroxylation is 2. The molecule has 3 heterocycles. The molecule has 24 heavy (non-hydrogen) atoms. The molecular formula is C18H22N4O2. The van der Waals surface area contributed by atoms with Crippen molar-refractivity contribution in [2.24, 2.45) is 0 Å². The summed E-state index contributed by atoms with van der Waals surface area (Å²) in [5.41, 5.74) is 3.82. The fraction of sp³-hybridized carbons (Fsp3) is 0.444. The van der Waals surface area contributed by atoms with Crippen molar-refractivity contribution >= 4 is 11.1 Å². The van der Waals surface area contributed by atoms with Crippen LogP contribution in [-0.2, 0) is 6.54 Å². The van der Waals surface area contributed by atoms with Crippen LogP contribution in [0.4, 0.5) is 0 Å². The lowest BCUT2D eigenvalue weighted by Crippen LogP contribution is -2.28. The van der Waals surface area contributed by atoms with Crippen LogP contribution in [0.1, 0.15) is 23.9 Å². The highest BCUT2D eigenvalue weighted by Crippen LogP contribution is 2.23. The first-order valence-corrected chi connectivity index (χ1v) is 8.45. The van der Waals surface area contributed by atoms with Crippen LogP contribution < -0.4 is 5.76 Å². The third-order valence-corrected chi connectivity index (χ3v) is 4.85. The van der Waals surface area contributed by atoms with Gasteiger partial charge in [0.25, 0.3) is 0 Å². The average Bonchev–Trinajstić information content (AvgIpc) is 3.22. The van der Waals surface area contributed by atoms with Gasteiger partial charge in [-0.2, -0.15) is 5.10 Å². The number of benzene rings is 1. The average molecular weight is 326 g/mol. The summed E-state index contributed by atoms with van der Waals surface area (Å²) in [4.78, 5) is 14.4. The summed E-state index contributed by atoms with van der Waals surface area (Å²) in [6.07, 6.45) is 1.10. The Bertz CT molecular complexity index is 921. The highest BCUT2D eigenvalue weighted by atomic mass is 16.4. The second kappa shape index (κ2) is 5.94. The molecule has 0 N–H and O–H groups in total. The molecule has 0 radical (unpaired) electrons. The van der Waals surface area contributed by atoms with E-state index < -0.39 is 0 Å². The molecule has 1 saturated heterocycles. The molecule has 6 nitrogen and oxygen atoms in total. The first kappa shape index (κ1) is 15.2. The molecule has 0 amide bonds. The number of hydrogen-bond acceptors (Lipinski definition) is 4. The molecule has 1 aliphatic rings. The van der Waals surface area contributed by atoms with E-state index in [1.807, 2.05) is 31.2 Å². The van der Waals surface area contributed by atoms with E-state index in [1.165, 1.54) is 5.69 Å². The van der Waals surface area contributed by atoms with E-state index in [1.54, 1.807) is 4.57 Å². The molecule has 1 fully saturated rings. The zero-order valence-electron chi connectivity index (χ0n) is 14.1. The normalized spacial score (nSPS) is 18.7. The maximum Gasteiger partial charge on any atom is 0.419 e. The fourth-order valence-corrected chi connectivity index (χ4v) is 3.70. The maximum absolute atomic E-state index is 12.0. The van der Waals surface area contributed by atoms with Crippen LogP contribution >= 0.6 is 0 Å². The van der Waals surface area contributed by atoms with Gasteiger partial charge >= 0.3 is 5.76 Å². The van der Waals surface area contributed by atoms with E-state index in [0.29, 0.717) is 18.2 Å². The molecule has 4 rings (SSSR count). The molecule has 126 valence electrons. The van der Waals surface area contributed by atoms with Crippen LogP contribution in [0, 0.1) is 13.8 Å². The number of aromatic nitrogens is 3. The third-order valence-electron chi connectivity index (χ3n) is 4.85. The van der Waals surface area contributed by atoms with Crippen LogP contribution in [0.2, 0.25) is 0 Å². The molecule has 0 saturated carbocycles. The first-order valence-electron chi connectivity index (χ1n) is 8.45. The van der Waals surface area contributed by atoms with Gasteiger partial charge in [0, 0.05) is 31.9 Å². The molecule has 2 aromatic heterocycles. The summed E-state index contributed by atoms with van der Waals surface area (Å²) >= 11 is 0. The molecule has 0 spiro atoms. The number of hydrogen-bond donors (Lipinski definition) is 0. The Morgan fingerprint density at radius 2 is 2.08 bits per heavy atom. The minimum absolute atomic E-state index is 0.273. The summed E-state index contributed by atoms with van der Waals surface area (Å²) in [6, 6.07) is 10.1. The first-order chi connectivity index (χ1) is 11.6. The SMILES string of the molecule is Cc1cc(C)n(C2CCN(CCn3c(=O)oc4ccccc43)C2)n1. The Kier molecular flexibility index (Phi) is 3.76. The largest absolute Gasteiger partial charge is 0.419 e. The van der Waals surface area contributed by atoms with Crippen LogP contribution in [0.15, 0.2) is 39.5 Å². The second-order valence-electron chi connectivity index (χ2n) is 6.60. The molecule has 0 aliphatic carbocycles. The number of nitrogens with zero attached hydrogens (tertiary/aromatic N) is 4. The monoisotopic (exact) mass is 326 g/mol. The smallest absolute Gasteiger partial charge is 0.408 e. The van der Waals surface area contributed by atoms with Gasteiger partial charge in [0.2, 0.25) is 0 Å². The quantitative estimate of drug-likeness (QED) is 0.738. The highest BCUT2D eigenvalue weighted by Gasteiger charge is 2.25. The maximum atomic E-state index is 12.0. The van der Waals surface area contributed by atoms with E-state index in [-0.39, 0.29) is 5.76 Å². The van der Waals surface area contributed by atoms with E-state index in [2.05, 4.69) is 27.7 Å². The Labute approximate surface area is 140 Å².